The van der Waals surface area contributed by atoms with E-state index in [-0.39, 0.29) is 24.0 Å². The Bertz CT molecular complexity index is 700. The summed E-state index contributed by atoms with van der Waals surface area (Å²) >= 11 is 1.92. The Morgan fingerprint density at radius 2 is 2.04 bits per heavy atom. The van der Waals surface area contributed by atoms with E-state index in [4.69, 9.17) is 9.47 Å². The highest BCUT2D eigenvalue weighted by molar-refractivity contribution is 8.00. The number of amides is 3. The summed E-state index contributed by atoms with van der Waals surface area (Å²) in [6, 6.07) is 6.26. The fraction of sp³-hybridized carbons (Fsp3) is 0.600. The highest BCUT2D eigenvalue weighted by Crippen LogP contribution is 2.33. The van der Waals surface area contributed by atoms with Crippen LogP contribution in [0.5, 0.6) is 11.5 Å². The average Bonchev–Trinajstić information content (AvgIpc) is 3.24. The second-order valence-corrected chi connectivity index (χ2v) is 8.43. The number of nitrogens with one attached hydrogen (secondary N) is 3. The minimum Gasteiger partial charge on any atom is -0.493 e. The lowest BCUT2D eigenvalue weighted by Gasteiger charge is -2.16. The number of methoxy groups -OCH3 is 2. The second kappa shape index (κ2) is 9.91. The molecule has 3 rings (SSSR count). The van der Waals surface area contributed by atoms with Crippen molar-refractivity contribution in [2.75, 3.05) is 26.5 Å². The Labute approximate surface area is 170 Å². The van der Waals surface area contributed by atoms with Crippen molar-refractivity contribution in [3.63, 3.8) is 0 Å². The molecular formula is C20H29N3O4S. The maximum Gasteiger partial charge on any atom is 0.315 e. The van der Waals surface area contributed by atoms with Gasteiger partial charge >= 0.3 is 6.03 Å². The van der Waals surface area contributed by atoms with Gasteiger partial charge in [0.1, 0.15) is 0 Å². The van der Waals surface area contributed by atoms with E-state index in [1.165, 1.54) is 0 Å². The lowest BCUT2D eigenvalue weighted by Crippen LogP contribution is -2.36. The van der Waals surface area contributed by atoms with Crippen LogP contribution in [0.2, 0.25) is 0 Å². The molecule has 2 saturated heterocycles. The molecule has 0 radical (unpaired) electrons. The Morgan fingerprint density at radius 1 is 1.21 bits per heavy atom. The first-order valence-electron chi connectivity index (χ1n) is 9.77. The zero-order chi connectivity index (χ0) is 19.9. The smallest absolute Gasteiger partial charge is 0.315 e. The standard InChI is InChI=1S/C20H29N3O4S/c1-26-15-8-7-13(11-16(15)27-2)9-10-21-18(24)6-4-3-5-17-19-14(12-28-17)22-20(25)23-19/h7-8,11,14,17,19H,3-6,9-10,12H2,1-2H3,(H,21,24)(H2,22,23,25)/t14-,17+,19+/m0/s1. The number of thioether (sulfide) groups is 1. The van der Waals surface area contributed by atoms with Crippen LogP contribution in [-0.4, -0.2) is 55.8 Å². The highest BCUT2D eigenvalue weighted by Gasteiger charge is 2.42. The molecule has 154 valence electrons. The molecule has 2 heterocycles. The summed E-state index contributed by atoms with van der Waals surface area (Å²) in [6.07, 6.45) is 4.20. The summed E-state index contributed by atoms with van der Waals surface area (Å²) in [4.78, 5) is 23.4. The summed E-state index contributed by atoms with van der Waals surface area (Å²) in [7, 11) is 3.23. The fourth-order valence-corrected chi connectivity index (χ4v) is 5.29. The first-order valence-corrected chi connectivity index (χ1v) is 10.8. The van der Waals surface area contributed by atoms with Crippen LogP contribution < -0.4 is 25.4 Å². The lowest BCUT2D eigenvalue weighted by atomic mass is 10.0. The number of ether oxygens (including phenoxy) is 2. The highest BCUT2D eigenvalue weighted by atomic mass is 32.2. The van der Waals surface area contributed by atoms with Gasteiger partial charge in [-0.1, -0.05) is 12.5 Å². The van der Waals surface area contributed by atoms with Gasteiger partial charge in [-0.15, -0.1) is 0 Å². The van der Waals surface area contributed by atoms with Gasteiger partial charge in [0.25, 0.3) is 0 Å². The lowest BCUT2D eigenvalue weighted by molar-refractivity contribution is -0.121. The monoisotopic (exact) mass is 407 g/mol. The normalized spacial score (nSPS) is 22.9. The molecule has 3 N–H and O–H groups in total. The Hall–Kier alpha value is -2.09. The molecule has 0 bridgehead atoms. The first-order chi connectivity index (χ1) is 13.6. The quantitative estimate of drug-likeness (QED) is 0.408. The molecule has 7 nitrogen and oxygen atoms in total. The van der Waals surface area contributed by atoms with Gasteiger partial charge in [0.2, 0.25) is 5.91 Å². The maximum absolute atomic E-state index is 12.1. The van der Waals surface area contributed by atoms with E-state index >= 15 is 0 Å². The van der Waals surface area contributed by atoms with E-state index in [1.807, 2.05) is 30.0 Å². The number of hydrogen-bond donors (Lipinski definition) is 3. The number of carbonyl (C=O) groups is 2. The number of hydrogen-bond acceptors (Lipinski definition) is 5. The van der Waals surface area contributed by atoms with Crippen LogP contribution in [-0.2, 0) is 11.2 Å². The van der Waals surface area contributed by atoms with E-state index in [2.05, 4.69) is 16.0 Å². The van der Waals surface area contributed by atoms with Crippen molar-refractivity contribution in [1.82, 2.24) is 16.0 Å². The van der Waals surface area contributed by atoms with E-state index < -0.39 is 0 Å². The van der Waals surface area contributed by atoms with Crippen molar-refractivity contribution >= 4 is 23.7 Å². The predicted octanol–water partition coefficient (Wildman–Crippen LogP) is 2.09. The molecule has 3 atom stereocenters. The molecule has 0 aliphatic carbocycles. The summed E-state index contributed by atoms with van der Waals surface area (Å²) in [5.74, 6) is 2.47. The van der Waals surface area contributed by atoms with Crippen LogP contribution in [0.25, 0.3) is 0 Å². The SMILES string of the molecule is COc1ccc(CCNC(=O)CCCC[C@H]2SC[C@@H]3NC(=O)N[C@H]32)cc1OC. The molecule has 0 aromatic heterocycles. The van der Waals surface area contributed by atoms with Crippen LogP contribution in [0.15, 0.2) is 18.2 Å². The van der Waals surface area contributed by atoms with Crippen molar-refractivity contribution in [1.29, 1.82) is 0 Å². The molecule has 0 saturated carbocycles. The Balaban J connectivity index is 1.29. The molecule has 0 unspecified atom stereocenters. The fourth-order valence-electron chi connectivity index (χ4n) is 3.74. The molecule has 2 aliphatic rings. The number of fused-ring (bicyclic) bond motifs is 1. The molecule has 1 aromatic carbocycles. The summed E-state index contributed by atoms with van der Waals surface area (Å²) in [5.41, 5.74) is 1.10. The van der Waals surface area contributed by atoms with Gasteiger partial charge in [-0.05, 0) is 37.0 Å². The second-order valence-electron chi connectivity index (χ2n) is 7.16. The third kappa shape index (κ3) is 5.25. The van der Waals surface area contributed by atoms with Crippen LogP contribution in [0.3, 0.4) is 0 Å². The largest absolute Gasteiger partial charge is 0.493 e. The van der Waals surface area contributed by atoms with Crippen LogP contribution in [0, 0.1) is 0 Å². The minimum atomic E-state index is -0.0471. The summed E-state index contributed by atoms with van der Waals surface area (Å²) in [5, 5.41) is 9.40. The Kier molecular flexibility index (Phi) is 7.30. The van der Waals surface area contributed by atoms with E-state index in [9.17, 15) is 9.59 Å². The van der Waals surface area contributed by atoms with E-state index in [1.54, 1.807) is 14.2 Å². The van der Waals surface area contributed by atoms with E-state index in [0.717, 1.165) is 37.0 Å². The van der Waals surface area contributed by atoms with Crippen molar-refractivity contribution < 1.29 is 19.1 Å². The van der Waals surface area contributed by atoms with Gasteiger partial charge in [-0.25, -0.2) is 4.79 Å². The van der Waals surface area contributed by atoms with Gasteiger partial charge in [0, 0.05) is 24.0 Å². The van der Waals surface area contributed by atoms with Crippen molar-refractivity contribution in [2.45, 2.75) is 49.4 Å². The van der Waals surface area contributed by atoms with Crippen molar-refractivity contribution in [3.05, 3.63) is 23.8 Å². The van der Waals surface area contributed by atoms with Crippen LogP contribution in [0.1, 0.15) is 31.2 Å². The number of carbonyl (C=O) groups excluding carboxylic acids is 2. The van der Waals surface area contributed by atoms with Gasteiger partial charge < -0.3 is 25.4 Å². The zero-order valence-electron chi connectivity index (χ0n) is 16.5. The molecule has 28 heavy (non-hydrogen) atoms. The third-order valence-electron chi connectivity index (χ3n) is 5.26. The first kappa shape index (κ1) is 20.6. The average molecular weight is 408 g/mol. The number of unbranched alkanes of at least 4 members (excludes halogenated alkanes) is 1. The zero-order valence-corrected chi connectivity index (χ0v) is 17.3. The van der Waals surface area contributed by atoms with Gasteiger partial charge in [-0.2, -0.15) is 11.8 Å². The molecule has 2 fully saturated rings. The molecule has 8 heteroatoms. The third-order valence-corrected chi connectivity index (χ3v) is 6.77. The van der Waals surface area contributed by atoms with Gasteiger partial charge in [0.05, 0.1) is 26.3 Å². The van der Waals surface area contributed by atoms with Crippen LogP contribution >= 0.6 is 11.8 Å². The molecule has 1 aromatic rings. The Morgan fingerprint density at radius 3 is 2.82 bits per heavy atom. The molecular weight excluding hydrogens is 378 g/mol. The molecule has 3 amide bonds. The van der Waals surface area contributed by atoms with Crippen LogP contribution in [0.4, 0.5) is 4.79 Å². The number of rotatable bonds is 10. The predicted molar refractivity (Wildman–Crippen MR) is 110 cm³/mol. The number of benzene rings is 1. The van der Waals surface area contributed by atoms with Crippen molar-refractivity contribution in [3.8, 4) is 11.5 Å². The topological polar surface area (TPSA) is 88.7 Å². The molecule has 2 aliphatic heterocycles. The maximum atomic E-state index is 12.1. The molecule has 0 spiro atoms. The van der Waals surface area contributed by atoms with Crippen molar-refractivity contribution in [2.24, 2.45) is 0 Å². The van der Waals surface area contributed by atoms with Gasteiger partial charge in [0.15, 0.2) is 11.5 Å². The minimum absolute atomic E-state index is 0.0471. The summed E-state index contributed by atoms with van der Waals surface area (Å²) < 4.78 is 10.5. The van der Waals surface area contributed by atoms with E-state index in [0.29, 0.717) is 29.7 Å². The van der Waals surface area contributed by atoms with Gasteiger partial charge in [-0.3, -0.25) is 4.79 Å². The summed E-state index contributed by atoms with van der Waals surface area (Å²) in [6.45, 7) is 0.605. The number of urea groups is 1.